The molecule has 0 saturated carbocycles. The summed E-state index contributed by atoms with van der Waals surface area (Å²) < 4.78 is 1.67. The summed E-state index contributed by atoms with van der Waals surface area (Å²) in [7, 11) is 0. The minimum Gasteiger partial charge on any atom is -0.239 e. The SMILES string of the molecule is Clc1ccc(Cl)c(-n2cccn2)c1. The van der Waals surface area contributed by atoms with Crippen LogP contribution in [-0.2, 0) is 0 Å². The molecule has 0 fully saturated rings. The van der Waals surface area contributed by atoms with Gasteiger partial charge in [-0.25, -0.2) is 4.68 Å². The lowest BCUT2D eigenvalue weighted by Gasteiger charge is -2.03. The maximum absolute atomic E-state index is 5.97. The number of nitrogens with zero attached hydrogens (tertiary/aromatic N) is 2. The topological polar surface area (TPSA) is 17.8 Å². The Labute approximate surface area is 85.7 Å². The van der Waals surface area contributed by atoms with Crippen LogP contribution >= 0.6 is 23.2 Å². The van der Waals surface area contributed by atoms with E-state index in [1.165, 1.54) is 0 Å². The van der Waals surface area contributed by atoms with E-state index in [1.54, 1.807) is 29.1 Å². The Morgan fingerprint density at radius 2 is 2.08 bits per heavy atom. The molecule has 0 N–H and O–H groups in total. The molecular formula is C9H6Cl2N2. The van der Waals surface area contributed by atoms with E-state index in [-0.39, 0.29) is 0 Å². The van der Waals surface area contributed by atoms with Crippen molar-refractivity contribution in [2.45, 2.75) is 0 Å². The molecule has 0 aliphatic heterocycles. The summed E-state index contributed by atoms with van der Waals surface area (Å²) in [6.45, 7) is 0. The van der Waals surface area contributed by atoms with Crippen LogP contribution in [0.25, 0.3) is 5.69 Å². The van der Waals surface area contributed by atoms with Gasteiger partial charge in [-0.05, 0) is 24.3 Å². The highest BCUT2D eigenvalue weighted by molar-refractivity contribution is 6.34. The molecule has 1 heterocycles. The Hall–Kier alpha value is -0.990. The number of hydrogen-bond acceptors (Lipinski definition) is 1. The molecule has 4 heteroatoms. The Morgan fingerprint density at radius 3 is 2.77 bits per heavy atom. The molecule has 0 unspecified atom stereocenters. The lowest BCUT2D eigenvalue weighted by molar-refractivity contribution is 0.881. The zero-order valence-corrected chi connectivity index (χ0v) is 8.13. The first-order chi connectivity index (χ1) is 6.27. The van der Waals surface area contributed by atoms with Gasteiger partial charge >= 0.3 is 0 Å². The van der Waals surface area contributed by atoms with Gasteiger partial charge in [-0.15, -0.1) is 0 Å². The molecule has 1 aromatic heterocycles. The van der Waals surface area contributed by atoms with Gasteiger partial charge in [-0.3, -0.25) is 0 Å². The lowest BCUT2D eigenvalue weighted by atomic mass is 10.3. The molecule has 0 aliphatic carbocycles. The third-order valence-corrected chi connectivity index (χ3v) is 2.21. The molecule has 0 amide bonds. The molecule has 1 aromatic carbocycles. The minimum atomic E-state index is 0.633. The highest BCUT2D eigenvalue weighted by atomic mass is 35.5. The second-order valence-electron chi connectivity index (χ2n) is 2.55. The van der Waals surface area contributed by atoms with Gasteiger partial charge in [0.1, 0.15) is 0 Å². The van der Waals surface area contributed by atoms with Crippen molar-refractivity contribution in [3.63, 3.8) is 0 Å². The molecular weight excluding hydrogens is 207 g/mol. The molecule has 2 rings (SSSR count). The highest BCUT2D eigenvalue weighted by Crippen LogP contribution is 2.23. The van der Waals surface area contributed by atoms with E-state index >= 15 is 0 Å². The fraction of sp³-hybridized carbons (Fsp3) is 0. The average Bonchev–Trinajstić information content (AvgIpc) is 2.61. The molecule has 0 atom stereocenters. The van der Waals surface area contributed by atoms with E-state index in [0.29, 0.717) is 10.0 Å². The zero-order valence-electron chi connectivity index (χ0n) is 6.61. The number of benzene rings is 1. The molecule has 2 aromatic rings. The normalized spacial score (nSPS) is 10.3. The van der Waals surface area contributed by atoms with Gasteiger partial charge in [0.2, 0.25) is 0 Å². The molecule has 2 nitrogen and oxygen atoms in total. The van der Waals surface area contributed by atoms with Crippen LogP contribution in [0.3, 0.4) is 0 Å². The van der Waals surface area contributed by atoms with Crippen molar-refractivity contribution in [3.8, 4) is 5.69 Å². The fourth-order valence-corrected chi connectivity index (χ4v) is 1.44. The predicted molar refractivity (Wildman–Crippen MR) is 53.6 cm³/mol. The molecule has 0 saturated heterocycles. The van der Waals surface area contributed by atoms with Gasteiger partial charge in [0.05, 0.1) is 10.7 Å². The van der Waals surface area contributed by atoms with E-state index in [0.717, 1.165) is 5.69 Å². The van der Waals surface area contributed by atoms with Crippen molar-refractivity contribution in [1.29, 1.82) is 0 Å². The summed E-state index contributed by atoms with van der Waals surface area (Å²) in [5, 5.41) is 5.34. The van der Waals surface area contributed by atoms with Crippen molar-refractivity contribution in [1.82, 2.24) is 9.78 Å². The second kappa shape index (κ2) is 3.40. The van der Waals surface area contributed by atoms with Crippen molar-refractivity contribution >= 4 is 23.2 Å². The Bertz CT molecular complexity index is 410. The van der Waals surface area contributed by atoms with Crippen molar-refractivity contribution < 1.29 is 0 Å². The summed E-state index contributed by atoms with van der Waals surface area (Å²) in [6, 6.07) is 7.10. The summed E-state index contributed by atoms with van der Waals surface area (Å²) in [5.41, 5.74) is 0.791. The van der Waals surface area contributed by atoms with Crippen LogP contribution in [0.2, 0.25) is 10.0 Å². The molecule has 13 heavy (non-hydrogen) atoms. The largest absolute Gasteiger partial charge is 0.239 e. The number of aromatic nitrogens is 2. The smallest absolute Gasteiger partial charge is 0.0846 e. The average molecular weight is 213 g/mol. The van der Waals surface area contributed by atoms with E-state index in [9.17, 15) is 0 Å². The van der Waals surface area contributed by atoms with Gasteiger partial charge in [0.15, 0.2) is 0 Å². The van der Waals surface area contributed by atoms with E-state index in [1.807, 2.05) is 12.3 Å². The van der Waals surface area contributed by atoms with Crippen molar-refractivity contribution in [3.05, 3.63) is 46.7 Å². The number of rotatable bonds is 1. The quantitative estimate of drug-likeness (QED) is 0.711. The van der Waals surface area contributed by atoms with Crippen LogP contribution in [-0.4, -0.2) is 9.78 Å². The van der Waals surface area contributed by atoms with Gasteiger partial charge in [-0.2, -0.15) is 5.10 Å². The standard InChI is InChI=1S/C9H6Cl2N2/c10-7-2-3-8(11)9(6-7)13-5-1-4-12-13/h1-6H. The Morgan fingerprint density at radius 1 is 1.23 bits per heavy atom. The first-order valence-corrected chi connectivity index (χ1v) is 4.48. The molecule has 0 spiro atoms. The highest BCUT2D eigenvalue weighted by Gasteiger charge is 2.02. The summed E-state index contributed by atoms with van der Waals surface area (Å²) in [4.78, 5) is 0. The number of hydrogen-bond donors (Lipinski definition) is 0. The van der Waals surface area contributed by atoms with E-state index in [2.05, 4.69) is 5.10 Å². The van der Waals surface area contributed by atoms with Crippen LogP contribution < -0.4 is 0 Å². The minimum absolute atomic E-state index is 0.633. The first kappa shape index (κ1) is 8.60. The third-order valence-electron chi connectivity index (χ3n) is 1.66. The monoisotopic (exact) mass is 212 g/mol. The van der Waals surface area contributed by atoms with Gasteiger partial charge in [0.25, 0.3) is 0 Å². The summed E-state index contributed by atoms with van der Waals surface area (Å²) in [6.07, 6.45) is 3.51. The van der Waals surface area contributed by atoms with Gasteiger partial charge in [-0.1, -0.05) is 23.2 Å². The predicted octanol–water partition coefficient (Wildman–Crippen LogP) is 3.18. The maximum atomic E-state index is 5.97. The summed E-state index contributed by atoms with van der Waals surface area (Å²) >= 11 is 11.8. The third kappa shape index (κ3) is 1.69. The lowest BCUT2D eigenvalue weighted by Crippen LogP contribution is -1.94. The van der Waals surface area contributed by atoms with E-state index < -0.39 is 0 Å². The molecule has 66 valence electrons. The van der Waals surface area contributed by atoms with Crippen LogP contribution in [0.15, 0.2) is 36.7 Å². The second-order valence-corrected chi connectivity index (χ2v) is 3.39. The van der Waals surface area contributed by atoms with Crippen molar-refractivity contribution in [2.75, 3.05) is 0 Å². The summed E-state index contributed by atoms with van der Waals surface area (Å²) in [5.74, 6) is 0. The maximum Gasteiger partial charge on any atom is 0.0846 e. The van der Waals surface area contributed by atoms with Crippen molar-refractivity contribution in [2.24, 2.45) is 0 Å². The Kier molecular flexibility index (Phi) is 2.25. The first-order valence-electron chi connectivity index (χ1n) is 3.72. The molecule has 0 bridgehead atoms. The number of halogens is 2. The van der Waals surface area contributed by atoms with Crippen LogP contribution in [0.5, 0.6) is 0 Å². The van der Waals surface area contributed by atoms with Gasteiger partial charge < -0.3 is 0 Å². The van der Waals surface area contributed by atoms with Crippen LogP contribution in [0.1, 0.15) is 0 Å². The fourth-order valence-electron chi connectivity index (χ4n) is 1.07. The molecule has 0 aliphatic rings. The van der Waals surface area contributed by atoms with E-state index in [4.69, 9.17) is 23.2 Å². The van der Waals surface area contributed by atoms with Gasteiger partial charge in [0, 0.05) is 17.4 Å². The molecule has 0 radical (unpaired) electrons. The van der Waals surface area contributed by atoms with Crippen LogP contribution in [0, 0.1) is 0 Å². The van der Waals surface area contributed by atoms with Crippen LogP contribution in [0.4, 0.5) is 0 Å². The zero-order chi connectivity index (χ0) is 9.26. The Balaban J connectivity index is 2.57.